The van der Waals surface area contributed by atoms with E-state index in [-0.39, 0.29) is 0 Å². The number of aryl methyl sites for hydroxylation is 1. The molecule has 0 atom stereocenters. The lowest BCUT2D eigenvalue weighted by Gasteiger charge is -2.05. The number of nitrogens with zero attached hydrogens (tertiary/aromatic N) is 1. The predicted molar refractivity (Wildman–Crippen MR) is 84.4 cm³/mol. The van der Waals surface area contributed by atoms with E-state index in [4.69, 9.17) is 0 Å². The first kappa shape index (κ1) is 12.0. The van der Waals surface area contributed by atoms with E-state index in [1.54, 1.807) is 0 Å². The van der Waals surface area contributed by atoms with Crippen molar-refractivity contribution in [3.05, 3.63) is 53.6 Å². The summed E-state index contributed by atoms with van der Waals surface area (Å²) < 4.78 is 2.27. The van der Waals surface area contributed by atoms with Gasteiger partial charge in [0.15, 0.2) is 0 Å². The molecule has 0 spiro atoms. The summed E-state index contributed by atoms with van der Waals surface area (Å²) in [6, 6.07) is 15.4. The lowest BCUT2D eigenvalue weighted by Crippen LogP contribution is -1.87. The third kappa shape index (κ3) is 1.77. The van der Waals surface area contributed by atoms with Gasteiger partial charge >= 0.3 is 0 Å². The maximum atomic E-state index is 2.32. The van der Waals surface area contributed by atoms with Crippen LogP contribution in [0.2, 0.25) is 0 Å². The van der Waals surface area contributed by atoms with Gasteiger partial charge in [-0.2, -0.15) is 0 Å². The van der Waals surface area contributed by atoms with Crippen LogP contribution >= 0.6 is 0 Å². The minimum atomic E-state index is 1.30. The molecule has 96 valence electrons. The van der Waals surface area contributed by atoms with Gasteiger partial charge in [0.25, 0.3) is 0 Å². The van der Waals surface area contributed by atoms with Gasteiger partial charge in [0, 0.05) is 28.9 Å². The van der Waals surface area contributed by atoms with E-state index in [1.807, 2.05) is 0 Å². The first-order valence-corrected chi connectivity index (χ1v) is 6.71. The molecular formula is C18H19N. The fourth-order valence-electron chi connectivity index (χ4n) is 2.69. The van der Waals surface area contributed by atoms with E-state index < -0.39 is 0 Å². The van der Waals surface area contributed by atoms with Crippen molar-refractivity contribution in [3.8, 4) is 0 Å². The van der Waals surface area contributed by atoms with Gasteiger partial charge < -0.3 is 4.57 Å². The first-order valence-electron chi connectivity index (χ1n) is 6.71. The molecule has 3 aromatic rings. The molecule has 1 nitrogen and oxygen atoms in total. The number of allylic oxidation sites excluding steroid dienone is 2. The Morgan fingerprint density at radius 2 is 1.53 bits per heavy atom. The fourth-order valence-corrected chi connectivity index (χ4v) is 2.69. The molecule has 2 aromatic carbocycles. The third-order valence-electron chi connectivity index (χ3n) is 4.10. The van der Waals surface area contributed by atoms with Crippen molar-refractivity contribution in [2.75, 3.05) is 0 Å². The van der Waals surface area contributed by atoms with Gasteiger partial charge in [0.05, 0.1) is 0 Å². The van der Waals surface area contributed by atoms with E-state index in [0.717, 1.165) is 0 Å². The summed E-state index contributed by atoms with van der Waals surface area (Å²) in [6.45, 7) is 6.53. The lowest BCUT2D eigenvalue weighted by molar-refractivity contribution is 1.01. The van der Waals surface area contributed by atoms with Crippen LogP contribution in [0, 0.1) is 0 Å². The average Bonchev–Trinajstić information content (AvgIpc) is 2.72. The average molecular weight is 249 g/mol. The summed E-state index contributed by atoms with van der Waals surface area (Å²) in [7, 11) is 2.14. The van der Waals surface area contributed by atoms with Crippen LogP contribution in [-0.2, 0) is 7.05 Å². The van der Waals surface area contributed by atoms with E-state index in [0.29, 0.717) is 0 Å². The monoisotopic (exact) mass is 249 g/mol. The number of benzene rings is 2. The van der Waals surface area contributed by atoms with Crippen LogP contribution < -0.4 is 0 Å². The SMILES string of the molecule is CC(C)=C(C)c1ccc2c(c1)c1ccccc1n2C. The fraction of sp³-hybridized carbons (Fsp3) is 0.222. The van der Waals surface area contributed by atoms with E-state index in [9.17, 15) is 0 Å². The van der Waals surface area contributed by atoms with Crippen LogP contribution in [0.4, 0.5) is 0 Å². The van der Waals surface area contributed by atoms with Crippen molar-refractivity contribution >= 4 is 27.4 Å². The van der Waals surface area contributed by atoms with Crippen molar-refractivity contribution in [1.82, 2.24) is 4.57 Å². The highest BCUT2D eigenvalue weighted by Crippen LogP contribution is 2.30. The normalized spacial score (nSPS) is 11.2. The summed E-state index contributed by atoms with van der Waals surface area (Å²) in [4.78, 5) is 0. The second-order valence-electron chi connectivity index (χ2n) is 5.43. The van der Waals surface area contributed by atoms with Crippen LogP contribution in [0.3, 0.4) is 0 Å². The van der Waals surface area contributed by atoms with Crippen molar-refractivity contribution in [1.29, 1.82) is 0 Å². The Bertz CT molecular complexity index is 799. The molecule has 19 heavy (non-hydrogen) atoms. The number of hydrogen-bond acceptors (Lipinski definition) is 0. The van der Waals surface area contributed by atoms with Gasteiger partial charge in [0.2, 0.25) is 0 Å². The zero-order chi connectivity index (χ0) is 13.6. The molecule has 1 aromatic heterocycles. The Hall–Kier alpha value is -2.02. The van der Waals surface area contributed by atoms with E-state index >= 15 is 0 Å². The van der Waals surface area contributed by atoms with Crippen LogP contribution in [0.1, 0.15) is 26.3 Å². The smallest absolute Gasteiger partial charge is 0.0489 e. The van der Waals surface area contributed by atoms with Crippen molar-refractivity contribution in [2.24, 2.45) is 7.05 Å². The van der Waals surface area contributed by atoms with Gasteiger partial charge in [-0.25, -0.2) is 0 Å². The van der Waals surface area contributed by atoms with Gasteiger partial charge in [-0.3, -0.25) is 0 Å². The largest absolute Gasteiger partial charge is 0.344 e. The second-order valence-corrected chi connectivity index (χ2v) is 5.43. The summed E-state index contributed by atoms with van der Waals surface area (Å²) >= 11 is 0. The van der Waals surface area contributed by atoms with Gasteiger partial charge in [-0.05, 0) is 50.1 Å². The van der Waals surface area contributed by atoms with Crippen molar-refractivity contribution in [3.63, 3.8) is 0 Å². The molecule has 0 saturated heterocycles. The molecule has 3 rings (SSSR count). The summed E-state index contributed by atoms with van der Waals surface area (Å²) in [5, 5.41) is 2.68. The Labute approximate surface area is 114 Å². The van der Waals surface area contributed by atoms with Gasteiger partial charge in [-0.15, -0.1) is 0 Å². The molecule has 0 radical (unpaired) electrons. The molecule has 1 heterocycles. The molecule has 0 fully saturated rings. The molecule has 0 N–H and O–H groups in total. The lowest BCUT2D eigenvalue weighted by atomic mass is 10.0. The van der Waals surface area contributed by atoms with Crippen molar-refractivity contribution < 1.29 is 0 Å². The molecule has 1 heteroatoms. The molecule has 0 saturated carbocycles. The standard InChI is InChI=1S/C18H19N/c1-12(2)13(3)14-9-10-18-16(11-14)15-7-5-6-8-17(15)19(18)4/h5-11H,1-4H3. The van der Waals surface area contributed by atoms with Crippen molar-refractivity contribution in [2.45, 2.75) is 20.8 Å². The topological polar surface area (TPSA) is 4.93 Å². The summed E-state index contributed by atoms with van der Waals surface area (Å²) in [6.07, 6.45) is 0. The maximum Gasteiger partial charge on any atom is 0.0489 e. The Balaban J connectivity index is 2.40. The highest BCUT2D eigenvalue weighted by atomic mass is 14.9. The number of rotatable bonds is 1. The van der Waals surface area contributed by atoms with Gasteiger partial charge in [-0.1, -0.05) is 29.8 Å². The van der Waals surface area contributed by atoms with Crippen LogP contribution in [0.5, 0.6) is 0 Å². The molecule has 0 unspecified atom stereocenters. The van der Waals surface area contributed by atoms with Crippen LogP contribution in [0.15, 0.2) is 48.0 Å². The van der Waals surface area contributed by atoms with Gasteiger partial charge in [0.1, 0.15) is 0 Å². The first-order chi connectivity index (χ1) is 9.09. The second kappa shape index (κ2) is 4.27. The zero-order valence-corrected chi connectivity index (χ0v) is 12.0. The molecule has 0 aliphatic carbocycles. The number of fused-ring (bicyclic) bond motifs is 3. The van der Waals surface area contributed by atoms with Crippen LogP contribution in [0.25, 0.3) is 27.4 Å². The Morgan fingerprint density at radius 1 is 0.842 bits per heavy atom. The maximum absolute atomic E-state index is 2.32. The number of para-hydroxylation sites is 1. The van der Waals surface area contributed by atoms with Crippen LogP contribution in [-0.4, -0.2) is 4.57 Å². The zero-order valence-electron chi connectivity index (χ0n) is 12.0. The summed E-state index contributed by atoms with van der Waals surface area (Å²) in [5.74, 6) is 0. The molecule has 0 amide bonds. The van der Waals surface area contributed by atoms with E-state index in [2.05, 4.69) is 74.9 Å². The minimum Gasteiger partial charge on any atom is -0.344 e. The summed E-state index contributed by atoms with van der Waals surface area (Å²) in [5.41, 5.74) is 6.66. The molecule has 0 aliphatic heterocycles. The van der Waals surface area contributed by atoms with E-state index in [1.165, 1.54) is 38.5 Å². The number of aromatic nitrogens is 1. The third-order valence-corrected chi connectivity index (χ3v) is 4.10. The quantitative estimate of drug-likeness (QED) is 0.562. The highest BCUT2D eigenvalue weighted by Gasteiger charge is 2.08. The molecule has 0 aliphatic rings. The Kier molecular flexibility index (Phi) is 2.70. The number of hydrogen-bond donors (Lipinski definition) is 0. The predicted octanol–water partition coefficient (Wildman–Crippen LogP) is 5.14. The molecular weight excluding hydrogens is 230 g/mol. The highest BCUT2D eigenvalue weighted by molar-refractivity contribution is 6.08. The molecule has 0 bridgehead atoms. The Morgan fingerprint density at radius 3 is 2.26 bits per heavy atom. The minimum absolute atomic E-state index is 1.30.